The van der Waals surface area contributed by atoms with Crippen LogP contribution < -0.4 is 0 Å². The van der Waals surface area contributed by atoms with Gasteiger partial charge in [-0.05, 0) is 18.9 Å². The van der Waals surface area contributed by atoms with Gasteiger partial charge in [-0.25, -0.2) is 4.79 Å². The van der Waals surface area contributed by atoms with Crippen molar-refractivity contribution in [1.82, 2.24) is 0 Å². The molecule has 0 amide bonds. The third-order valence-electron chi connectivity index (χ3n) is 3.79. The first-order chi connectivity index (χ1) is 11.6. The summed E-state index contributed by atoms with van der Waals surface area (Å²) in [4.78, 5) is 23.3. The zero-order valence-electron chi connectivity index (χ0n) is 15.2. The first-order valence-corrected chi connectivity index (χ1v) is 9.92. The molecule has 0 radical (unpaired) electrons. The Bertz CT molecular complexity index is 606. The van der Waals surface area contributed by atoms with Crippen LogP contribution in [0.15, 0.2) is 11.6 Å². The van der Waals surface area contributed by atoms with Crippen LogP contribution in [0.25, 0.3) is 0 Å². The summed E-state index contributed by atoms with van der Waals surface area (Å²) >= 11 is 0. The van der Waals surface area contributed by atoms with Crippen molar-refractivity contribution >= 4 is 22.1 Å². The summed E-state index contributed by atoms with van der Waals surface area (Å²) in [7, 11) is -2.60. The predicted octanol–water partition coefficient (Wildman–Crippen LogP) is 1.34. The van der Waals surface area contributed by atoms with Gasteiger partial charge in [-0.3, -0.25) is 8.98 Å². The molecule has 25 heavy (non-hydrogen) atoms. The largest absolute Gasteiger partial charge is 0.466 e. The number of methoxy groups -OCH3 is 1. The summed E-state index contributed by atoms with van der Waals surface area (Å²) in [5.74, 6) is -1.20. The number of ether oxygens (including phenoxy) is 3. The zero-order valence-corrected chi connectivity index (χ0v) is 16.0. The fourth-order valence-corrected chi connectivity index (χ4v) is 3.29. The second kappa shape index (κ2) is 9.30. The van der Waals surface area contributed by atoms with Gasteiger partial charge in [-0.15, -0.1) is 0 Å². The Hall–Kier alpha value is -1.45. The molecule has 0 spiro atoms. The first kappa shape index (κ1) is 21.6. The van der Waals surface area contributed by atoms with Crippen LogP contribution in [0.1, 0.15) is 40.0 Å². The fraction of sp³-hybridized carbons (Fsp3) is 0.750. The van der Waals surface area contributed by atoms with Gasteiger partial charge >= 0.3 is 11.9 Å². The minimum absolute atomic E-state index is 0.0186. The molecule has 3 unspecified atom stereocenters. The highest BCUT2D eigenvalue weighted by Crippen LogP contribution is 2.29. The molecular formula is C16H26O8S. The molecule has 0 heterocycles. The Balaban J connectivity index is 3.25. The van der Waals surface area contributed by atoms with Crippen molar-refractivity contribution < 1.29 is 36.4 Å². The smallest absolute Gasteiger partial charge is 0.333 e. The quantitative estimate of drug-likeness (QED) is 0.460. The number of hydrogen-bond acceptors (Lipinski definition) is 8. The van der Waals surface area contributed by atoms with Crippen LogP contribution in [0.3, 0.4) is 0 Å². The summed E-state index contributed by atoms with van der Waals surface area (Å²) in [5.41, 5.74) is 0.248. The number of carbonyl (C=O) groups is 2. The van der Waals surface area contributed by atoms with E-state index in [9.17, 15) is 18.0 Å². The summed E-state index contributed by atoms with van der Waals surface area (Å²) in [6, 6.07) is 0. The van der Waals surface area contributed by atoms with E-state index in [1.807, 2.05) is 13.8 Å². The summed E-state index contributed by atoms with van der Waals surface area (Å²) in [6.45, 7) is 5.06. The Morgan fingerprint density at radius 1 is 1.28 bits per heavy atom. The molecule has 0 saturated heterocycles. The van der Waals surface area contributed by atoms with Crippen molar-refractivity contribution in [2.24, 2.45) is 0 Å². The van der Waals surface area contributed by atoms with Gasteiger partial charge in [0.1, 0.15) is 18.3 Å². The Morgan fingerprint density at radius 2 is 1.88 bits per heavy atom. The molecule has 8 nitrogen and oxygen atoms in total. The van der Waals surface area contributed by atoms with Crippen molar-refractivity contribution in [3.05, 3.63) is 11.6 Å². The average Bonchev–Trinajstić information content (AvgIpc) is 2.52. The van der Waals surface area contributed by atoms with Crippen molar-refractivity contribution in [2.45, 2.75) is 64.4 Å². The van der Waals surface area contributed by atoms with E-state index in [2.05, 4.69) is 0 Å². The maximum atomic E-state index is 11.9. The maximum absolute atomic E-state index is 11.9. The molecule has 0 aromatic heterocycles. The molecule has 0 aromatic rings. The number of carbonyl (C=O) groups excluding carboxylic acids is 2. The SMILES string of the molecule is CCC(CC)OC1C=C(C(=O)OC)CC(OC(C)=O)C1OS(C)(=O)=O. The molecule has 0 aromatic carbocycles. The molecule has 1 aliphatic carbocycles. The summed E-state index contributed by atoms with van der Waals surface area (Å²) in [5, 5.41) is 0. The van der Waals surface area contributed by atoms with E-state index in [4.69, 9.17) is 18.4 Å². The third-order valence-corrected chi connectivity index (χ3v) is 4.36. The average molecular weight is 378 g/mol. The van der Waals surface area contributed by atoms with Crippen LogP contribution >= 0.6 is 0 Å². The standard InChI is InChI=1S/C16H26O8S/c1-6-12(7-2)23-14-9-11(16(18)21-4)8-13(22-10(3)17)15(14)24-25(5,19)20/h9,12-15H,6-8H2,1-5H3. The summed E-state index contributed by atoms with van der Waals surface area (Å²) < 4.78 is 44.3. The molecular weight excluding hydrogens is 352 g/mol. The lowest BCUT2D eigenvalue weighted by Crippen LogP contribution is -2.48. The molecule has 144 valence electrons. The number of rotatable bonds is 8. The van der Waals surface area contributed by atoms with Gasteiger partial charge in [0.2, 0.25) is 0 Å². The molecule has 1 rings (SSSR count). The van der Waals surface area contributed by atoms with Crippen molar-refractivity contribution in [2.75, 3.05) is 13.4 Å². The van der Waals surface area contributed by atoms with Crippen LogP contribution in [0, 0.1) is 0 Å². The van der Waals surface area contributed by atoms with Crippen LogP contribution in [0.2, 0.25) is 0 Å². The van der Waals surface area contributed by atoms with Crippen molar-refractivity contribution in [3.8, 4) is 0 Å². The Kier molecular flexibility index (Phi) is 8.04. The molecule has 0 fully saturated rings. The van der Waals surface area contributed by atoms with Gasteiger partial charge in [0.15, 0.2) is 0 Å². The lowest BCUT2D eigenvalue weighted by Gasteiger charge is -2.36. The van der Waals surface area contributed by atoms with Crippen LogP contribution in [-0.4, -0.2) is 58.1 Å². The normalized spacial score (nSPS) is 23.9. The second-order valence-corrected chi connectivity index (χ2v) is 7.44. The van der Waals surface area contributed by atoms with E-state index < -0.39 is 40.4 Å². The fourth-order valence-electron chi connectivity index (χ4n) is 2.65. The maximum Gasteiger partial charge on any atom is 0.333 e. The third kappa shape index (κ3) is 6.75. The highest BCUT2D eigenvalue weighted by molar-refractivity contribution is 7.86. The lowest BCUT2D eigenvalue weighted by molar-refractivity contribution is -0.160. The van der Waals surface area contributed by atoms with Gasteiger partial charge in [0.05, 0.1) is 19.5 Å². The highest BCUT2D eigenvalue weighted by Gasteiger charge is 2.41. The highest BCUT2D eigenvalue weighted by atomic mass is 32.2. The van der Waals surface area contributed by atoms with E-state index in [1.165, 1.54) is 20.1 Å². The van der Waals surface area contributed by atoms with Gasteiger partial charge in [-0.2, -0.15) is 8.42 Å². The molecule has 9 heteroatoms. The van der Waals surface area contributed by atoms with Crippen LogP contribution in [0.5, 0.6) is 0 Å². The molecule has 1 aliphatic rings. The zero-order chi connectivity index (χ0) is 19.2. The van der Waals surface area contributed by atoms with Gasteiger partial charge < -0.3 is 14.2 Å². The van der Waals surface area contributed by atoms with Gasteiger partial charge in [0, 0.05) is 18.9 Å². The Labute approximate surface area is 148 Å². The van der Waals surface area contributed by atoms with Crippen LogP contribution in [0.4, 0.5) is 0 Å². The van der Waals surface area contributed by atoms with Crippen molar-refractivity contribution in [1.29, 1.82) is 0 Å². The predicted molar refractivity (Wildman–Crippen MR) is 89.2 cm³/mol. The van der Waals surface area contributed by atoms with E-state index >= 15 is 0 Å². The van der Waals surface area contributed by atoms with E-state index in [0.29, 0.717) is 12.8 Å². The lowest BCUT2D eigenvalue weighted by atomic mass is 9.91. The minimum atomic E-state index is -3.83. The Morgan fingerprint density at radius 3 is 2.32 bits per heavy atom. The first-order valence-electron chi connectivity index (χ1n) is 8.11. The number of hydrogen-bond donors (Lipinski definition) is 0. The van der Waals surface area contributed by atoms with Crippen LogP contribution in [-0.2, 0) is 38.1 Å². The van der Waals surface area contributed by atoms with Crippen molar-refractivity contribution in [3.63, 3.8) is 0 Å². The monoisotopic (exact) mass is 378 g/mol. The minimum Gasteiger partial charge on any atom is -0.466 e. The van der Waals surface area contributed by atoms with Gasteiger partial charge in [-0.1, -0.05) is 13.8 Å². The van der Waals surface area contributed by atoms with E-state index in [1.54, 1.807) is 0 Å². The van der Waals surface area contributed by atoms with E-state index in [0.717, 1.165) is 6.26 Å². The molecule has 3 atom stereocenters. The van der Waals surface area contributed by atoms with E-state index in [-0.39, 0.29) is 18.1 Å². The molecule has 0 bridgehead atoms. The molecule has 0 saturated carbocycles. The molecule has 0 N–H and O–H groups in total. The number of esters is 2. The summed E-state index contributed by atoms with van der Waals surface area (Å²) in [6.07, 6.45) is 0.671. The second-order valence-electron chi connectivity index (χ2n) is 5.84. The topological polar surface area (TPSA) is 105 Å². The molecule has 0 aliphatic heterocycles. The van der Waals surface area contributed by atoms with Gasteiger partial charge in [0.25, 0.3) is 10.1 Å².